The first-order chi connectivity index (χ1) is 10.7. The normalized spacial score (nSPS) is 11.5. The van der Waals surface area contributed by atoms with Crippen LogP contribution in [0, 0.1) is 0 Å². The molecular formula is C17H18Cl2N2O. The second-order valence-corrected chi connectivity index (χ2v) is 5.67. The SMILES string of the molecule is OCCN(C/C=C/c1ccccc1)Cc1c(Cl)cncc1Cl. The number of nitrogens with zero attached hydrogens (tertiary/aromatic N) is 2. The summed E-state index contributed by atoms with van der Waals surface area (Å²) in [7, 11) is 0. The summed E-state index contributed by atoms with van der Waals surface area (Å²) >= 11 is 12.3. The molecule has 0 aliphatic heterocycles. The molecule has 0 saturated heterocycles. The molecule has 22 heavy (non-hydrogen) atoms. The molecule has 0 bridgehead atoms. The van der Waals surface area contributed by atoms with Gasteiger partial charge in [-0.1, -0.05) is 65.7 Å². The van der Waals surface area contributed by atoms with Crippen LogP contribution < -0.4 is 0 Å². The fourth-order valence-electron chi connectivity index (χ4n) is 2.09. The number of halogens is 2. The summed E-state index contributed by atoms with van der Waals surface area (Å²) in [6, 6.07) is 10.1. The highest BCUT2D eigenvalue weighted by atomic mass is 35.5. The lowest BCUT2D eigenvalue weighted by molar-refractivity contribution is 0.203. The Labute approximate surface area is 140 Å². The van der Waals surface area contributed by atoms with E-state index in [0.717, 1.165) is 11.1 Å². The Morgan fingerprint density at radius 1 is 1.09 bits per heavy atom. The van der Waals surface area contributed by atoms with Crippen molar-refractivity contribution in [2.24, 2.45) is 0 Å². The molecule has 0 aliphatic carbocycles. The van der Waals surface area contributed by atoms with E-state index in [0.29, 0.717) is 29.7 Å². The van der Waals surface area contributed by atoms with Gasteiger partial charge in [-0.05, 0) is 5.56 Å². The average molecular weight is 337 g/mol. The van der Waals surface area contributed by atoms with E-state index in [1.165, 1.54) is 0 Å². The third-order valence-corrected chi connectivity index (χ3v) is 3.88. The molecule has 3 nitrogen and oxygen atoms in total. The zero-order valence-electron chi connectivity index (χ0n) is 12.1. The van der Waals surface area contributed by atoms with E-state index in [2.05, 4.69) is 22.0 Å². The molecule has 1 aromatic heterocycles. The van der Waals surface area contributed by atoms with E-state index in [1.54, 1.807) is 12.4 Å². The molecule has 0 atom stereocenters. The van der Waals surface area contributed by atoms with Gasteiger partial charge in [-0.25, -0.2) is 0 Å². The van der Waals surface area contributed by atoms with Gasteiger partial charge in [0.05, 0.1) is 16.7 Å². The van der Waals surface area contributed by atoms with Gasteiger partial charge in [0, 0.05) is 37.6 Å². The Kier molecular flexibility index (Phi) is 6.87. The second-order valence-electron chi connectivity index (χ2n) is 4.85. The van der Waals surface area contributed by atoms with Crippen molar-refractivity contribution in [3.8, 4) is 0 Å². The number of aliphatic hydroxyl groups is 1. The van der Waals surface area contributed by atoms with Crippen molar-refractivity contribution < 1.29 is 5.11 Å². The summed E-state index contributed by atoms with van der Waals surface area (Å²) in [5, 5.41) is 10.3. The topological polar surface area (TPSA) is 36.4 Å². The maximum Gasteiger partial charge on any atom is 0.0649 e. The van der Waals surface area contributed by atoms with Crippen LogP contribution in [0.5, 0.6) is 0 Å². The van der Waals surface area contributed by atoms with Crippen molar-refractivity contribution in [1.29, 1.82) is 0 Å². The highest BCUT2D eigenvalue weighted by Crippen LogP contribution is 2.24. The van der Waals surface area contributed by atoms with Gasteiger partial charge in [-0.3, -0.25) is 9.88 Å². The summed E-state index contributed by atoms with van der Waals surface area (Å²) in [4.78, 5) is 6.03. The number of hydrogen-bond donors (Lipinski definition) is 1. The van der Waals surface area contributed by atoms with Gasteiger partial charge in [0.2, 0.25) is 0 Å². The number of pyridine rings is 1. The maximum atomic E-state index is 9.23. The Morgan fingerprint density at radius 3 is 2.41 bits per heavy atom. The van der Waals surface area contributed by atoms with Crippen LogP contribution in [-0.2, 0) is 6.54 Å². The Balaban J connectivity index is 2.02. The second kappa shape index (κ2) is 8.91. The molecule has 0 unspecified atom stereocenters. The smallest absolute Gasteiger partial charge is 0.0649 e. The van der Waals surface area contributed by atoms with Gasteiger partial charge in [-0.15, -0.1) is 0 Å². The van der Waals surface area contributed by atoms with E-state index >= 15 is 0 Å². The molecule has 0 amide bonds. The summed E-state index contributed by atoms with van der Waals surface area (Å²) in [6.07, 6.45) is 7.29. The first-order valence-electron chi connectivity index (χ1n) is 7.03. The molecular weight excluding hydrogens is 319 g/mol. The number of hydrogen-bond acceptors (Lipinski definition) is 3. The molecule has 0 radical (unpaired) electrons. The number of aliphatic hydroxyl groups excluding tert-OH is 1. The summed E-state index contributed by atoms with van der Waals surface area (Å²) in [5.41, 5.74) is 1.98. The van der Waals surface area contributed by atoms with Crippen LogP contribution in [0.2, 0.25) is 10.0 Å². The average Bonchev–Trinajstić information content (AvgIpc) is 2.52. The van der Waals surface area contributed by atoms with Crippen molar-refractivity contribution in [3.05, 3.63) is 70.0 Å². The monoisotopic (exact) mass is 336 g/mol. The molecule has 1 aromatic carbocycles. The van der Waals surface area contributed by atoms with Crippen LogP contribution >= 0.6 is 23.2 Å². The van der Waals surface area contributed by atoms with Crippen LogP contribution in [0.3, 0.4) is 0 Å². The molecule has 0 aliphatic rings. The largest absolute Gasteiger partial charge is 0.395 e. The molecule has 1 N–H and O–H groups in total. The van der Waals surface area contributed by atoms with E-state index in [9.17, 15) is 5.11 Å². The van der Waals surface area contributed by atoms with Crippen LogP contribution in [0.4, 0.5) is 0 Å². The van der Waals surface area contributed by atoms with E-state index in [4.69, 9.17) is 23.2 Å². The molecule has 5 heteroatoms. The minimum Gasteiger partial charge on any atom is -0.395 e. The number of benzene rings is 1. The fourth-order valence-corrected chi connectivity index (χ4v) is 2.58. The zero-order chi connectivity index (χ0) is 15.8. The zero-order valence-corrected chi connectivity index (χ0v) is 13.6. The van der Waals surface area contributed by atoms with Crippen LogP contribution in [-0.4, -0.2) is 34.7 Å². The number of aromatic nitrogens is 1. The van der Waals surface area contributed by atoms with Crippen molar-refractivity contribution in [2.45, 2.75) is 6.54 Å². The van der Waals surface area contributed by atoms with Crippen LogP contribution in [0.1, 0.15) is 11.1 Å². The maximum absolute atomic E-state index is 9.23. The minimum absolute atomic E-state index is 0.0828. The molecule has 2 rings (SSSR count). The Hall–Kier alpha value is -1.39. The van der Waals surface area contributed by atoms with E-state index in [1.807, 2.05) is 30.3 Å². The summed E-state index contributed by atoms with van der Waals surface area (Å²) in [6.45, 7) is 1.90. The predicted molar refractivity (Wildman–Crippen MR) is 92.1 cm³/mol. The predicted octanol–water partition coefficient (Wildman–Crippen LogP) is 3.90. The standard InChI is InChI=1S/C17H18Cl2N2O/c18-16-11-20-12-17(19)15(16)13-21(9-10-22)8-4-7-14-5-2-1-3-6-14/h1-7,11-12,22H,8-10,13H2/b7-4+. The third kappa shape index (κ3) is 5.11. The highest BCUT2D eigenvalue weighted by Gasteiger charge is 2.11. The number of rotatable bonds is 7. The molecule has 0 fully saturated rings. The summed E-state index contributed by atoms with van der Waals surface area (Å²) in [5.74, 6) is 0. The first kappa shape index (κ1) is 17.0. The summed E-state index contributed by atoms with van der Waals surface area (Å²) < 4.78 is 0. The van der Waals surface area contributed by atoms with Crippen molar-refractivity contribution in [2.75, 3.05) is 19.7 Å². The highest BCUT2D eigenvalue weighted by molar-refractivity contribution is 6.35. The molecule has 0 saturated carbocycles. The van der Waals surface area contributed by atoms with Crippen molar-refractivity contribution >= 4 is 29.3 Å². The lowest BCUT2D eigenvalue weighted by atomic mass is 10.2. The van der Waals surface area contributed by atoms with Gasteiger partial charge in [-0.2, -0.15) is 0 Å². The Bertz CT molecular complexity index is 597. The van der Waals surface area contributed by atoms with Crippen LogP contribution in [0.15, 0.2) is 48.8 Å². The van der Waals surface area contributed by atoms with E-state index in [-0.39, 0.29) is 6.61 Å². The third-order valence-electron chi connectivity index (χ3n) is 3.22. The van der Waals surface area contributed by atoms with Crippen LogP contribution in [0.25, 0.3) is 6.08 Å². The molecule has 1 heterocycles. The lowest BCUT2D eigenvalue weighted by Gasteiger charge is -2.20. The van der Waals surface area contributed by atoms with Gasteiger partial charge in [0.25, 0.3) is 0 Å². The van der Waals surface area contributed by atoms with E-state index < -0.39 is 0 Å². The fraction of sp³-hybridized carbons (Fsp3) is 0.235. The van der Waals surface area contributed by atoms with Crippen molar-refractivity contribution in [1.82, 2.24) is 9.88 Å². The van der Waals surface area contributed by atoms with Crippen molar-refractivity contribution in [3.63, 3.8) is 0 Å². The van der Waals surface area contributed by atoms with Gasteiger partial charge < -0.3 is 5.11 Å². The Morgan fingerprint density at radius 2 is 1.77 bits per heavy atom. The quantitative estimate of drug-likeness (QED) is 0.833. The lowest BCUT2D eigenvalue weighted by Crippen LogP contribution is -2.27. The minimum atomic E-state index is 0.0828. The molecule has 2 aromatic rings. The molecule has 0 spiro atoms. The van der Waals surface area contributed by atoms with Gasteiger partial charge >= 0.3 is 0 Å². The molecule has 116 valence electrons. The first-order valence-corrected chi connectivity index (χ1v) is 7.79. The van der Waals surface area contributed by atoms with Gasteiger partial charge in [0.15, 0.2) is 0 Å². The van der Waals surface area contributed by atoms with Gasteiger partial charge in [0.1, 0.15) is 0 Å².